The van der Waals surface area contributed by atoms with E-state index in [2.05, 4.69) is 34.4 Å². The van der Waals surface area contributed by atoms with Crippen LogP contribution < -0.4 is 15.5 Å². The van der Waals surface area contributed by atoms with Gasteiger partial charge in [0.15, 0.2) is 0 Å². The van der Waals surface area contributed by atoms with Crippen LogP contribution in [0.4, 0.5) is 21.8 Å². The number of halogens is 1. The lowest BCUT2D eigenvalue weighted by Gasteiger charge is -2.32. The van der Waals surface area contributed by atoms with Crippen LogP contribution in [0.25, 0.3) is 0 Å². The van der Waals surface area contributed by atoms with Crippen LogP contribution in [0.15, 0.2) is 36.5 Å². The van der Waals surface area contributed by atoms with Crippen molar-refractivity contribution in [2.24, 2.45) is 11.8 Å². The molecule has 0 spiro atoms. The van der Waals surface area contributed by atoms with E-state index in [-0.39, 0.29) is 17.6 Å². The fourth-order valence-electron chi connectivity index (χ4n) is 3.09. The van der Waals surface area contributed by atoms with Gasteiger partial charge in [0.05, 0.1) is 11.6 Å². The largest absolute Gasteiger partial charge is 0.356 e. The summed E-state index contributed by atoms with van der Waals surface area (Å²) >= 11 is 0. The van der Waals surface area contributed by atoms with Crippen molar-refractivity contribution in [3.8, 4) is 0 Å². The van der Waals surface area contributed by atoms with Gasteiger partial charge < -0.3 is 15.5 Å². The van der Waals surface area contributed by atoms with Gasteiger partial charge in [0, 0.05) is 25.8 Å². The summed E-state index contributed by atoms with van der Waals surface area (Å²) in [7, 11) is 0. The average molecular weight is 371 g/mol. The molecule has 1 fully saturated rings. The Morgan fingerprint density at radius 3 is 2.93 bits per heavy atom. The molecule has 2 N–H and O–H groups in total. The zero-order chi connectivity index (χ0) is 19.2. The minimum Gasteiger partial charge on any atom is -0.356 e. The molecular formula is C20H26FN5O. The molecule has 6 nitrogen and oxygen atoms in total. The van der Waals surface area contributed by atoms with Crippen LogP contribution in [0.2, 0.25) is 0 Å². The molecule has 1 aromatic carbocycles. The Kier molecular flexibility index (Phi) is 6.21. The normalized spacial score (nSPS) is 17.0. The number of piperidine rings is 1. The number of carbonyl (C=O) groups is 1. The van der Waals surface area contributed by atoms with Crippen LogP contribution in [0, 0.1) is 17.7 Å². The maximum atomic E-state index is 13.8. The smallest absolute Gasteiger partial charge is 0.227 e. The molecule has 2 heterocycles. The summed E-state index contributed by atoms with van der Waals surface area (Å²) in [5.74, 6) is 1.20. The van der Waals surface area contributed by atoms with E-state index in [9.17, 15) is 9.18 Å². The molecule has 2 aromatic rings. The van der Waals surface area contributed by atoms with Crippen molar-refractivity contribution in [2.45, 2.75) is 26.7 Å². The molecular weight excluding hydrogens is 345 g/mol. The van der Waals surface area contributed by atoms with Crippen LogP contribution in [-0.2, 0) is 4.79 Å². The van der Waals surface area contributed by atoms with Crippen molar-refractivity contribution >= 4 is 23.4 Å². The lowest BCUT2D eigenvalue weighted by Crippen LogP contribution is -2.44. The third-order valence-corrected chi connectivity index (χ3v) is 4.54. The lowest BCUT2D eigenvalue weighted by molar-refractivity contribution is -0.125. The number of hydrogen-bond acceptors (Lipinski definition) is 5. The quantitative estimate of drug-likeness (QED) is 0.815. The van der Waals surface area contributed by atoms with Gasteiger partial charge in [-0.1, -0.05) is 26.0 Å². The van der Waals surface area contributed by atoms with Gasteiger partial charge in [-0.2, -0.15) is 4.98 Å². The summed E-state index contributed by atoms with van der Waals surface area (Å²) in [5, 5.41) is 6.00. The molecule has 0 aliphatic carbocycles. The first-order valence-electron chi connectivity index (χ1n) is 9.40. The van der Waals surface area contributed by atoms with Crippen molar-refractivity contribution in [1.82, 2.24) is 15.3 Å². The number of aromatic nitrogens is 2. The molecule has 7 heteroatoms. The van der Waals surface area contributed by atoms with E-state index in [0.717, 1.165) is 19.4 Å². The number of nitrogens with one attached hydrogen (secondary N) is 2. The van der Waals surface area contributed by atoms with Crippen LogP contribution in [0.5, 0.6) is 0 Å². The second-order valence-corrected chi connectivity index (χ2v) is 7.27. The average Bonchev–Trinajstić information content (AvgIpc) is 2.68. The van der Waals surface area contributed by atoms with Crippen molar-refractivity contribution in [2.75, 3.05) is 29.9 Å². The van der Waals surface area contributed by atoms with E-state index < -0.39 is 0 Å². The molecule has 1 amide bonds. The summed E-state index contributed by atoms with van der Waals surface area (Å²) in [4.78, 5) is 23.3. The van der Waals surface area contributed by atoms with Crippen LogP contribution in [0.1, 0.15) is 26.7 Å². The van der Waals surface area contributed by atoms with Crippen molar-refractivity contribution in [3.05, 3.63) is 42.3 Å². The number of amides is 1. The minimum absolute atomic E-state index is 0.0655. The summed E-state index contributed by atoms with van der Waals surface area (Å²) in [6.45, 7) is 6.24. The predicted octanol–water partition coefficient (Wildman–Crippen LogP) is 3.35. The molecule has 1 aliphatic heterocycles. The van der Waals surface area contributed by atoms with Crippen LogP contribution >= 0.6 is 0 Å². The Hall–Kier alpha value is -2.70. The number of anilines is 3. The maximum absolute atomic E-state index is 13.8. The number of nitrogens with zero attached hydrogens (tertiary/aromatic N) is 3. The minimum atomic E-state index is -0.336. The Balaban J connectivity index is 1.67. The van der Waals surface area contributed by atoms with Gasteiger partial charge in [-0.25, -0.2) is 9.37 Å². The Bertz CT molecular complexity index is 782. The number of para-hydroxylation sites is 1. The first-order valence-corrected chi connectivity index (χ1v) is 9.40. The number of carbonyl (C=O) groups excluding carboxylic acids is 1. The van der Waals surface area contributed by atoms with E-state index in [1.807, 2.05) is 4.90 Å². The SMILES string of the molecule is CC(C)CNC(=O)C1CCCN(c2nccc(Nc3ccccc3F)n2)C1. The second kappa shape index (κ2) is 8.79. The van der Waals surface area contributed by atoms with E-state index in [4.69, 9.17) is 0 Å². The highest BCUT2D eigenvalue weighted by Crippen LogP contribution is 2.23. The third-order valence-electron chi connectivity index (χ3n) is 4.54. The van der Waals surface area contributed by atoms with E-state index >= 15 is 0 Å². The first-order chi connectivity index (χ1) is 13.0. The monoisotopic (exact) mass is 371 g/mol. The molecule has 0 bridgehead atoms. The standard InChI is InChI=1S/C20H26FN5O/c1-14(2)12-23-19(27)15-6-5-11-26(13-15)20-22-10-9-18(25-20)24-17-8-4-3-7-16(17)21/h3-4,7-10,14-15H,5-6,11-13H2,1-2H3,(H,23,27)(H,22,24,25). The van der Waals surface area contributed by atoms with Crippen LogP contribution in [-0.4, -0.2) is 35.5 Å². The Morgan fingerprint density at radius 1 is 1.33 bits per heavy atom. The summed E-state index contributed by atoms with van der Waals surface area (Å²) in [6, 6.07) is 8.16. The molecule has 144 valence electrons. The fraction of sp³-hybridized carbons (Fsp3) is 0.450. The zero-order valence-corrected chi connectivity index (χ0v) is 15.8. The van der Waals surface area contributed by atoms with Gasteiger partial charge >= 0.3 is 0 Å². The molecule has 3 rings (SSSR count). The molecule has 1 unspecified atom stereocenters. The molecule has 1 aromatic heterocycles. The van der Waals surface area contributed by atoms with Crippen molar-refractivity contribution in [3.63, 3.8) is 0 Å². The first kappa shape index (κ1) is 19.1. The van der Waals surface area contributed by atoms with Crippen molar-refractivity contribution in [1.29, 1.82) is 0 Å². The zero-order valence-electron chi connectivity index (χ0n) is 15.8. The lowest BCUT2D eigenvalue weighted by atomic mass is 9.97. The topological polar surface area (TPSA) is 70.2 Å². The number of hydrogen-bond donors (Lipinski definition) is 2. The molecule has 1 atom stereocenters. The fourth-order valence-corrected chi connectivity index (χ4v) is 3.09. The molecule has 0 saturated carbocycles. The predicted molar refractivity (Wildman–Crippen MR) is 104 cm³/mol. The summed E-state index contributed by atoms with van der Waals surface area (Å²) < 4.78 is 13.8. The van der Waals surface area contributed by atoms with E-state index in [0.29, 0.717) is 36.5 Å². The van der Waals surface area contributed by atoms with Crippen molar-refractivity contribution < 1.29 is 9.18 Å². The molecule has 1 aliphatic rings. The number of rotatable bonds is 6. The van der Waals surface area contributed by atoms with Gasteiger partial charge in [0.25, 0.3) is 0 Å². The van der Waals surface area contributed by atoms with E-state index in [1.54, 1.807) is 30.5 Å². The van der Waals surface area contributed by atoms with Gasteiger partial charge in [0.1, 0.15) is 11.6 Å². The van der Waals surface area contributed by atoms with Gasteiger partial charge in [0.2, 0.25) is 11.9 Å². The maximum Gasteiger partial charge on any atom is 0.227 e. The Morgan fingerprint density at radius 2 is 2.15 bits per heavy atom. The van der Waals surface area contributed by atoms with Crippen LogP contribution in [0.3, 0.4) is 0 Å². The third kappa shape index (κ3) is 5.15. The summed E-state index contributed by atoms with van der Waals surface area (Å²) in [6.07, 6.45) is 3.43. The molecule has 1 saturated heterocycles. The van der Waals surface area contributed by atoms with Gasteiger partial charge in [-0.05, 0) is 37.0 Å². The van der Waals surface area contributed by atoms with Gasteiger partial charge in [-0.15, -0.1) is 0 Å². The molecule has 27 heavy (non-hydrogen) atoms. The highest BCUT2D eigenvalue weighted by Gasteiger charge is 2.27. The second-order valence-electron chi connectivity index (χ2n) is 7.27. The molecule has 0 radical (unpaired) electrons. The highest BCUT2D eigenvalue weighted by molar-refractivity contribution is 5.79. The summed E-state index contributed by atoms with van der Waals surface area (Å²) in [5.41, 5.74) is 0.367. The number of benzene rings is 1. The van der Waals surface area contributed by atoms with E-state index in [1.165, 1.54) is 6.07 Å². The Labute approximate surface area is 159 Å². The highest BCUT2D eigenvalue weighted by atomic mass is 19.1. The van der Waals surface area contributed by atoms with Gasteiger partial charge in [-0.3, -0.25) is 4.79 Å².